The van der Waals surface area contributed by atoms with Crippen molar-refractivity contribution in [2.45, 2.75) is 24.9 Å². The van der Waals surface area contributed by atoms with E-state index in [1.807, 2.05) is 24.3 Å². The number of nitrogens with zero attached hydrogens (tertiary/aromatic N) is 2. The highest BCUT2D eigenvalue weighted by Gasteiger charge is 2.09. The van der Waals surface area contributed by atoms with Crippen LogP contribution in [-0.4, -0.2) is 10.1 Å². The number of rotatable bonds is 6. The molecule has 0 saturated carbocycles. The lowest BCUT2D eigenvalue weighted by Crippen LogP contribution is -1.85. The molecule has 2 aromatic heterocycles. The van der Waals surface area contributed by atoms with E-state index in [0.29, 0.717) is 17.5 Å². The van der Waals surface area contributed by atoms with Gasteiger partial charge in [0.25, 0.3) is 0 Å². The normalized spacial score (nSPS) is 10.9. The fourth-order valence-electron chi connectivity index (χ4n) is 1.95. The van der Waals surface area contributed by atoms with E-state index in [2.05, 4.69) is 29.2 Å². The van der Waals surface area contributed by atoms with Crippen LogP contribution in [0, 0.1) is 0 Å². The molecule has 0 aliphatic carbocycles. The molecular weight excluding hydrogens is 284 g/mol. The van der Waals surface area contributed by atoms with Gasteiger partial charge in [0.15, 0.2) is 0 Å². The number of benzene rings is 1. The Hall–Kier alpha value is -2.01. The third-order valence-corrected chi connectivity index (χ3v) is 4.08. The Morgan fingerprint density at radius 2 is 1.95 bits per heavy atom. The molecule has 0 fully saturated rings. The molecule has 4 nitrogen and oxygen atoms in total. The summed E-state index contributed by atoms with van der Waals surface area (Å²) >= 11 is 1.69. The maximum Gasteiger partial charge on any atom is 0.236 e. The zero-order valence-corrected chi connectivity index (χ0v) is 12.6. The van der Waals surface area contributed by atoms with Crippen LogP contribution in [0.2, 0.25) is 0 Å². The van der Waals surface area contributed by atoms with Crippen LogP contribution in [0.15, 0.2) is 51.6 Å². The molecule has 0 aliphatic heterocycles. The molecular formula is C16H16N2O2S. The second kappa shape index (κ2) is 6.63. The van der Waals surface area contributed by atoms with Crippen LogP contribution in [0.4, 0.5) is 0 Å². The first-order valence-corrected chi connectivity index (χ1v) is 8.02. The molecule has 0 saturated heterocycles. The lowest BCUT2D eigenvalue weighted by atomic mass is 10.1. The SMILES string of the molecule is CCc1ccc(-c2noc(CSCc3ccco3)n2)cc1. The Bertz CT molecular complexity index is 675. The second-order valence-corrected chi connectivity index (χ2v) is 5.62. The highest BCUT2D eigenvalue weighted by molar-refractivity contribution is 7.97. The highest BCUT2D eigenvalue weighted by Crippen LogP contribution is 2.20. The minimum Gasteiger partial charge on any atom is -0.468 e. The largest absolute Gasteiger partial charge is 0.468 e. The van der Waals surface area contributed by atoms with Crippen LogP contribution in [0.1, 0.15) is 24.1 Å². The van der Waals surface area contributed by atoms with E-state index in [-0.39, 0.29) is 0 Å². The molecule has 2 heterocycles. The van der Waals surface area contributed by atoms with Gasteiger partial charge in [-0.3, -0.25) is 0 Å². The minimum atomic E-state index is 0.640. The molecule has 5 heteroatoms. The zero-order valence-electron chi connectivity index (χ0n) is 11.8. The van der Waals surface area contributed by atoms with Gasteiger partial charge in [-0.25, -0.2) is 0 Å². The molecule has 1 aromatic carbocycles. The predicted molar refractivity (Wildman–Crippen MR) is 82.8 cm³/mol. The van der Waals surface area contributed by atoms with Gasteiger partial charge in [0.1, 0.15) is 5.76 Å². The van der Waals surface area contributed by atoms with Gasteiger partial charge in [0.05, 0.1) is 17.8 Å². The van der Waals surface area contributed by atoms with Gasteiger partial charge in [-0.15, -0.1) is 11.8 Å². The standard InChI is InChI=1S/C16H16N2O2S/c1-2-12-5-7-13(8-6-12)16-17-15(20-18-16)11-21-10-14-4-3-9-19-14/h3-9H,2,10-11H2,1H3. The molecule has 108 valence electrons. The summed E-state index contributed by atoms with van der Waals surface area (Å²) < 4.78 is 10.6. The van der Waals surface area contributed by atoms with Gasteiger partial charge in [-0.1, -0.05) is 36.3 Å². The van der Waals surface area contributed by atoms with Gasteiger partial charge in [0.2, 0.25) is 11.7 Å². The van der Waals surface area contributed by atoms with Crippen molar-refractivity contribution in [2.75, 3.05) is 0 Å². The van der Waals surface area contributed by atoms with Crippen LogP contribution >= 0.6 is 11.8 Å². The first-order valence-electron chi connectivity index (χ1n) is 6.87. The Morgan fingerprint density at radius 1 is 1.10 bits per heavy atom. The van der Waals surface area contributed by atoms with Crippen LogP contribution in [-0.2, 0) is 17.9 Å². The molecule has 0 atom stereocenters. The van der Waals surface area contributed by atoms with E-state index >= 15 is 0 Å². The van der Waals surface area contributed by atoms with E-state index in [9.17, 15) is 0 Å². The molecule has 0 spiro atoms. The zero-order chi connectivity index (χ0) is 14.5. The lowest BCUT2D eigenvalue weighted by Gasteiger charge is -1.97. The van der Waals surface area contributed by atoms with Crippen LogP contribution in [0.5, 0.6) is 0 Å². The number of hydrogen-bond acceptors (Lipinski definition) is 5. The summed E-state index contributed by atoms with van der Waals surface area (Å²) in [6, 6.07) is 12.1. The average Bonchev–Trinajstić information content (AvgIpc) is 3.19. The fourth-order valence-corrected chi connectivity index (χ4v) is 2.71. The molecule has 0 bridgehead atoms. The highest BCUT2D eigenvalue weighted by atomic mass is 32.2. The van der Waals surface area contributed by atoms with Crippen LogP contribution in [0.3, 0.4) is 0 Å². The maximum atomic E-state index is 5.28. The van der Waals surface area contributed by atoms with Gasteiger partial charge < -0.3 is 8.94 Å². The Balaban J connectivity index is 1.60. The first-order chi connectivity index (χ1) is 10.3. The first kappa shape index (κ1) is 13.9. The maximum absolute atomic E-state index is 5.28. The van der Waals surface area contributed by atoms with Crippen molar-refractivity contribution in [3.05, 3.63) is 59.9 Å². The van der Waals surface area contributed by atoms with E-state index in [4.69, 9.17) is 8.94 Å². The van der Waals surface area contributed by atoms with Gasteiger partial charge >= 0.3 is 0 Å². The summed E-state index contributed by atoms with van der Waals surface area (Å²) in [5.41, 5.74) is 2.29. The molecule has 0 radical (unpaired) electrons. The molecule has 0 amide bonds. The quantitative estimate of drug-likeness (QED) is 0.678. The van der Waals surface area contributed by atoms with Gasteiger partial charge in [-0.05, 0) is 24.1 Å². The fraction of sp³-hybridized carbons (Fsp3) is 0.250. The van der Waals surface area contributed by atoms with E-state index in [1.54, 1.807) is 18.0 Å². The van der Waals surface area contributed by atoms with Crippen molar-refractivity contribution in [2.24, 2.45) is 0 Å². The summed E-state index contributed by atoms with van der Waals surface area (Å²) in [7, 11) is 0. The van der Waals surface area contributed by atoms with Crippen LogP contribution in [0.25, 0.3) is 11.4 Å². The third-order valence-electron chi connectivity index (χ3n) is 3.14. The summed E-state index contributed by atoms with van der Waals surface area (Å²) in [4.78, 5) is 4.43. The Morgan fingerprint density at radius 3 is 2.67 bits per heavy atom. The predicted octanol–water partition coefficient (Wildman–Crippen LogP) is 4.33. The van der Waals surface area contributed by atoms with E-state index < -0.39 is 0 Å². The van der Waals surface area contributed by atoms with Gasteiger partial charge in [0, 0.05) is 5.56 Å². The Labute approximate surface area is 127 Å². The van der Waals surface area contributed by atoms with Gasteiger partial charge in [-0.2, -0.15) is 4.98 Å². The molecule has 3 rings (SSSR count). The summed E-state index contributed by atoms with van der Waals surface area (Å²) in [5, 5.41) is 4.03. The minimum absolute atomic E-state index is 0.640. The van der Waals surface area contributed by atoms with Crippen molar-refractivity contribution in [3.63, 3.8) is 0 Å². The van der Waals surface area contributed by atoms with E-state index in [1.165, 1.54) is 5.56 Å². The van der Waals surface area contributed by atoms with Crippen molar-refractivity contribution >= 4 is 11.8 Å². The molecule has 0 unspecified atom stereocenters. The third kappa shape index (κ3) is 3.55. The van der Waals surface area contributed by atoms with Crippen molar-refractivity contribution < 1.29 is 8.94 Å². The number of furan rings is 1. The smallest absolute Gasteiger partial charge is 0.236 e. The molecule has 0 N–H and O–H groups in total. The second-order valence-electron chi connectivity index (χ2n) is 4.63. The number of aromatic nitrogens is 2. The Kier molecular flexibility index (Phi) is 4.40. The van der Waals surface area contributed by atoms with E-state index in [0.717, 1.165) is 23.5 Å². The number of aryl methyl sites for hydroxylation is 1. The molecule has 21 heavy (non-hydrogen) atoms. The summed E-state index contributed by atoms with van der Waals surface area (Å²) in [5.74, 6) is 3.72. The summed E-state index contributed by atoms with van der Waals surface area (Å²) in [6.45, 7) is 2.14. The van der Waals surface area contributed by atoms with Crippen molar-refractivity contribution in [1.29, 1.82) is 0 Å². The lowest BCUT2D eigenvalue weighted by molar-refractivity contribution is 0.391. The molecule has 3 aromatic rings. The number of hydrogen-bond donors (Lipinski definition) is 0. The van der Waals surface area contributed by atoms with Crippen molar-refractivity contribution in [1.82, 2.24) is 10.1 Å². The number of thioether (sulfide) groups is 1. The van der Waals surface area contributed by atoms with Crippen LogP contribution < -0.4 is 0 Å². The van der Waals surface area contributed by atoms with Crippen molar-refractivity contribution in [3.8, 4) is 11.4 Å². The topological polar surface area (TPSA) is 52.1 Å². The summed E-state index contributed by atoms with van der Waals surface area (Å²) in [6.07, 6.45) is 2.71. The average molecular weight is 300 g/mol. The monoisotopic (exact) mass is 300 g/mol. The molecule has 0 aliphatic rings.